The second-order valence-electron chi connectivity index (χ2n) is 8.16. The molecule has 1 aliphatic heterocycles. The summed E-state index contributed by atoms with van der Waals surface area (Å²) in [6.45, 7) is 5.64. The third-order valence-corrected chi connectivity index (χ3v) is 5.76. The largest absolute Gasteiger partial charge is 0.441 e. The Morgan fingerprint density at radius 3 is 2.62 bits per heavy atom. The van der Waals surface area contributed by atoms with Crippen LogP contribution >= 0.6 is 0 Å². The Kier molecular flexibility index (Phi) is 5.50. The van der Waals surface area contributed by atoms with Gasteiger partial charge in [0, 0.05) is 38.3 Å². The highest BCUT2D eigenvalue weighted by atomic mass is 16.5. The zero-order valence-electron chi connectivity index (χ0n) is 17.8. The number of oxazole rings is 1. The number of piperazine rings is 1. The fraction of sp³-hybridized carbons (Fsp3) is 0.348. The summed E-state index contributed by atoms with van der Waals surface area (Å²) in [4.78, 5) is 21.0. The standard InChI is InChI=1S/C23H25N5O4/c1-16-7-8-20-19(13-16)24-22(31-20)27-11-9-26(10-12-27)14-18(29)15-28-21(25-32-23(28)30)17-5-3-2-4-6-17/h2-8,13,18,29H,9-12,14-15H2,1H3. The van der Waals surface area contributed by atoms with Gasteiger partial charge in [-0.15, -0.1) is 0 Å². The van der Waals surface area contributed by atoms with Gasteiger partial charge < -0.3 is 14.4 Å². The lowest BCUT2D eigenvalue weighted by Gasteiger charge is -2.34. The number of hydrogen-bond donors (Lipinski definition) is 1. The van der Waals surface area contributed by atoms with Crippen molar-refractivity contribution in [2.75, 3.05) is 37.6 Å². The van der Waals surface area contributed by atoms with Crippen molar-refractivity contribution in [1.82, 2.24) is 19.6 Å². The van der Waals surface area contributed by atoms with Crippen LogP contribution in [0.1, 0.15) is 5.56 Å². The molecule has 0 spiro atoms. The van der Waals surface area contributed by atoms with Gasteiger partial charge in [-0.1, -0.05) is 41.6 Å². The van der Waals surface area contributed by atoms with Crippen LogP contribution in [0.15, 0.2) is 62.3 Å². The first-order valence-electron chi connectivity index (χ1n) is 10.7. The predicted molar refractivity (Wildman–Crippen MR) is 120 cm³/mol. The van der Waals surface area contributed by atoms with Crippen molar-refractivity contribution in [2.24, 2.45) is 0 Å². The maximum atomic E-state index is 12.1. The summed E-state index contributed by atoms with van der Waals surface area (Å²) >= 11 is 0. The van der Waals surface area contributed by atoms with Crippen LogP contribution in [0.25, 0.3) is 22.5 Å². The molecule has 0 bridgehead atoms. The third-order valence-electron chi connectivity index (χ3n) is 5.76. The first-order chi connectivity index (χ1) is 15.6. The topological polar surface area (TPSA) is 101 Å². The zero-order valence-corrected chi connectivity index (χ0v) is 17.8. The number of β-amino-alcohol motifs (C(OH)–C–C–N with tert-alkyl or cyclic N) is 1. The molecule has 1 unspecified atom stereocenters. The maximum Gasteiger partial charge on any atom is 0.441 e. The van der Waals surface area contributed by atoms with Crippen LogP contribution in [-0.4, -0.2) is 63.5 Å². The highest BCUT2D eigenvalue weighted by molar-refractivity contribution is 5.75. The first kappa shape index (κ1) is 20.5. The van der Waals surface area contributed by atoms with Gasteiger partial charge in [-0.05, 0) is 24.6 Å². The molecule has 3 heterocycles. The Hall–Kier alpha value is -3.43. The molecule has 5 rings (SSSR count). The molecule has 0 saturated carbocycles. The maximum absolute atomic E-state index is 12.1. The van der Waals surface area contributed by atoms with Crippen LogP contribution in [0.2, 0.25) is 0 Å². The quantitative estimate of drug-likeness (QED) is 0.492. The van der Waals surface area contributed by atoms with E-state index in [-0.39, 0.29) is 6.54 Å². The van der Waals surface area contributed by atoms with Gasteiger partial charge in [-0.25, -0.2) is 4.79 Å². The van der Waals surface area contributed by atoms with Crippen LogP contribution < -0.4 is 10.7 Å². The van der Waals surface area contributed by atoms with Crippen molar-refractivity contribution in [3.05, 3.63) is 64.6 Å². The minimum Gasteiger partial charge on any atom is -0.423 e. The Morgan fingerprint density at radius 1 is 1.06 bits per heavy atom. The smallest absolute Gasteiger partial charge is 0.423 e. The van der Waals surface area contributed by atoms with E-state index in [1.54, 1.807) is 0 Å². The van der Waals surface area contributed by atoms with E-state index < -0.39 is 11.9 Å². The molecule has 0 aliphatic carbocycles. The summed E-state index contributed by atoms with van der Waals surface area (Å²) in [5, 5.41) is 14.5. The molecule has 166 valence electrons. The number of hydrogen-bond acceptors (Lipinski definition) is 8. The van der Waals surface area contributed by atoms with Crippen molar-refractivity contribution in [3.63, 3.8) is 0 Å². The molecule has 0 radical (unpaired) electrons. The van der Waals surface area contributed by atoms with Gasteiger partial charge in [0.15, 0.2) is 11.4 Å². The molecule has 1 N–H and O–H groups in total. The van der Waals surface area contributed by atoms with Crippen molar-refractivity contribution in [3.8, 4) is 11.4 Å². The summed E-state index contributed by atoms with van der Waals surface area (Å²) in [6, 6.07) is 16.0. The molecule has 2 aromatic carbocycles. The zero-order chi connectivity index (χ0) is 22.1. The minimum atomic E-state index is -0.728. The average molecular weight is 435 g/mol. The van der Waals surface area contributed by atoms with Gasteiger partial charge in [-0.3, -0.25) is 14.0 Å². The fourth-order valence-electron chi connectivity index (χ4n) is 4.07. The van der Waals surface area contributed by atoms with Gasteiger partial charge >= 0.3 is 5.76 Å². The van der Waals surface area contributed by atoms with E-state index in [2.05, 4.69) is 19.9 Å². The predicted octanol–water partition coefficient (Wildman–Crippen LogP) is 2.14. The van der Waals surface area contributed by atoms with Crippen LogP contribution in [0.4, 0.5) is 6.01 Å². The van der Waals surface area contributed by atoms with Gasteiger partial charge in [0.2, 0.25) is 0 Å². The number of fused-ring (bicyclic) bond motifs is 1. The molecule has 1 fully saturated rings. The Bertz CT molecular complexity index is 1250. The number of aromatic nitrogens is 3. The summed E-state index contributed by atoms with van der Waals surface area (Å²) in [7, 11) is 0. The number of benzene rings is 2. The lowest BCUT2D eigenvalue weighted by molar-refractivity contribution is 0.0931. The number of aliphatic hydroxyl groups excluding tert-OH is 1. The van der Waals surface area contributed by atoms with Crippen molar-refractivity contribution >= 4 is 17.1 Å². The molecular formula is C23H25N5O4. The molecule has 4 aromatic rings. The second-order valence-corrected chi connectivity index (χ2v) is 8.16. The summed E-state index contributed by atoms with van der Waals surface area (Å²) in [6.07, 6.45) is -0.728. The van der Waals surface area contributed by atoms with Gasteiger partial charge in [-0.2, -0.15) is 4.98 Å². The molecule has 9 heteroatoms. The molecule has 2 aromatic heterocycles. The second kappa shape index (κ2) is 8.60. The number of nitrogens with zero attached hydrogens (tertiary/aromatic N) is 5. The summed E-state index contributed by atoms with van der Waals surface area (Å²) in [5.41, 5.74) is 3.58. The number of aliphatic hydroxyl groups is 1. The fourth-order valence-corrected chi connectivity index (χ4v) is 4.07. The van der Waals surface area contributed by atoms with E-state index in [0.29, 0.717) is 18.4 Å². The SMILES string of the molecule is Cc1ccc2oc(N3CCN(CC(O)Cn4c(-c5ccccc5)noc4=O)CC3)nc2c1. The van der Waals surface area contributed by atoms with Crippen LogP contribution in [0.5, 0.6) is 0 Å². The van der Waals surface area contributed by atoms with E-state index in [1.807, 2.05) is 55.5 Å². The molecular weight excluding hydrogens is 410 g/mol. The Morgan fingerprint density at radius 2 is 1.84 bits per heavy atom. The minimum absolute atomic E-state index is 0.122. The van der Waals surface area contributed by atoms with Gasteiger partial charge in [0.25, 0.3) is 6.01 Å². The highest BCUT2D eigenvalue weighted by Gasteiger charge is 2.24. The summed E-state index contributed by atoms with van der Waals surface area (Å²) < 4.78 is 12.1. The molecule has 0 amide bonds. The average Bonchev–Trinajstić information content (AvgIpc) is 3.38. The van der Waals surface area contributed by atoms with E-state index >= 15 is 0 Å². The van der Waals surface area contributed by atoms with Gasteiger partial charge in [0.05, 0.1) is 12.6 Å². The molecule has 1 saturated heterocycles. The lowest BCUT2D eigenvalue weighted by Crippen LogP contribution is -2.49. The van der Waals surface area contributed by atoms with E-state index in [1.165, 1.54) is 4.57 Å². The van der Waals surface area contributed by atoms with Crippen molar-refractivity contribution in [2.45, 2.75) is 19.6 Å². The number of aryl methyl sites for hydroxylation is 1. The normalized spacial score (nSPS) is 16.0. The third kappa shape index (κ3) is 4.17. The van der Waals surface area contributed by atoms with Crippen LogP contribution in [-0.2, 0) is 6.54 Å². The van der Waals surface area contributed by atoms with Crippen LogP contribution in [0, 0.1) is 6.92 Å². The van der Waals surface area contributed by atoms with Crippen molar-refractivity contribution < 1.29 is 14.0 Å². The Labute approximate surface area is 184 Å². The monoisotopic (exact) mass is 435 g/mol. The first-order valence-corrected chi connectivity index (χ1v) is 10.7. The highest BCUT2D eigenvalue weighted by Crippen LogP contribution is 2.24. The molecule has 9 nitrogen and oxygen atoms in total. The van der Waals surface area contributed by atoms with Gasteiger partial charge in [0.1, 0.15) is 5.52 Å². The van der Waals surface area contributed by atoms with E-state index in [4.69, 9.17) is 8.94 Å². The molecule has 32 heavy (non-hydrogen) atoms. The molecule has 1 aliphatic rings. The lowest BCUT2D eigenvalue weighted by atomic mass is 10.2. The van der Waals surface area contributed by atoms with E-state index in [9.17, 15) is 9.90 Å². The van der Waals surface area contributed by atoms with Crippen LogP contribution in [0.3, 0.4) is 0 Å². The van der Waals surface area contributed by atoms with Crippen molar-refractivity contribution in [1.29, 1.82) is 0 Å². The number of rotatable bonds is 6. The van der Waals surface area contributed by atoms with E-state index in [0.717, 1.165) is 48.4 Å². The number of anilines is 1. The summed E-state index contributed by atoms with van der Waals surface area (Å²) in [5.74, 6) is -0.149. The molecule has 1 atom stereocenters. The Balaban J connectivity index is 1.19.